The van der Waals surface area contributed by atoms with E-state index in [1.54, 1.807) is 0 Å². The Morgan fingerprint density at radius 3 is 2.55 bits per heavy atom. The van der Waals surface area contributed by atoms with Gasteiger partial charge in [0.1, 0.15) is 5.78 Å². The van der Waals surface area contributed by atoms with Gasteiger partial charge in [-0.05, 0) is 12.2 Å². The second-order valence-corrected chi connectivity index (χ2v) is 6.86. The lowest BCUT2D eigenvalue weighted by atomic mass is 9.97. The Morgan fingerprint density at radius 2 is 1.85 bits per heavy atom. The summed E-state index contributed by atoms with van der Waals surface area (Å²) < 4.78 is 5.93. The summed E-state index contributed by atoms with van der Waals surface area (Å²) in [7, 11) is 0. The molecule has 1 aliphatic rings. The zero-order valence-electron chi connectivity index (χ0n) is 12.9. The molecule has 0 N–H and O–H groups in total. The average molecular weight is 300 g/mol. The van der Waals surface area contributed by atoms with Crippen LogP contribution in [0.15, 0.2) is 0 Å². The summed E-state index contributed by atoms with van der Waals surface area (Å²) >= 11 is 1.32. The molecule has 1 fully saturated rings. The number of Topliss-reactive ketones (excluding diaryl/α,β-unsaturated/α-hetero) is 1. The Bertz CT molecular complexity index is 304. The van der Waals surface area contributed by atoms with Crippen LogP contribution in [0.3, 0.4) is 0 Å². The fourth-order valence-electron chi connectivity index (χ4n) is 2.63. The van der Waals surface area contributed by atoms with E-state index in [1.165, 1.54) is 37.4 Å². The van der Waals surface area contributed by atoms with Gasteiger partial charge in [0.15, 0.2) is 5.12 Å². The molecule has 0 spiro atoms. The Balaban J connectivity index is 2.26. The SMILES string of the molecule is CCCCCCC[C@H]1CC(=O)C[C@H](CC(=O)SCC)O1. The fourth-order valence-corrected chi connectivity index (χ4v) is 3.26. The molecule has 1 rings (SSSR count). The van der Waals surface area contributed by atoms with E-state index in [4.69, 9.17) is 4.74 Å². The Kier molecular flexibility index (Phi) is 9.19. The molecule has 1 saturated heterocycles. The Morgan fingerprint density at radius 1 is 1.15 bits per heavy atom. The molecule has 0 bridgehead atoms. The van der Waals surface area contributed by atoms with Crippen LogP contribution in [0.5, 0.6) is 0 Å². The third kappa shape index (κ3) is 7.44. The summed E-state index contributed by atoms with van der Waals surface area (Å²) in [4.78, 5) is 23.4. The highest BCUT2D eigenvalue weighted by atomic mass is 32.2. The van der Waals surface area contributed by atoms with Gasteiger partial charge in [0.2, 0.25) is 0 Å². The van der Waals surface area contributed by atoms with Gasteiger partial charge in [0.25, 0.3) is 0 Å². The van der Waals surface area contributed by atoms with Crippen molar-refractivity contribution < 1.29 is 14.3 Å². The van der Waals surface area contributed by atoms with Crippen molar-refractivity contribution in [2.45, 2.75) is 83.8 Å². The van der Waals surface area contributed by atoms with E-state index >= 15 is 0 Å². The summed E-state index contributed by atoms with van der Waals surface area (Å²) in [6.07, 6.45) is 8.32. The van der Waals surface area contributed by atoms with Crippen LogP contribution < -0.4 is 0 Å². The van der Waals surface area contributed by atoms with Gasteiger partial charge in [-0.1, -0.05) is 57.7 Å². The summed E-state index contributed by atoms with van der Waals surface area (Å²) in [6, 6.07) is 0. The third-order valence-electron chi connectivity index (χ3n) is 3.62. The first-order valence-electron chi connectivity index (χ1n) is 7.98. The number of thioether (sulfide) groups is 1. The molecular formula is C16H28O3S. The first kappa shape index (κ1) is 17.7. The zero-order valence-corrected chi connectivity index (χ0v) is 13.7. The molecule has 116 valence electrons. The number of ether oxygens (including phenoxy) is 1. The minimum absolute atomic E-state index is 0.0438. The van der Waals surface area contributed by atoms with Crippen LogP contribution >= 0.6 is 11.8 Å². The van der Waals surface area contributed by atoms with E-state index in [1.807, 2.05) is 6.92 Å². The first-order chi connectivity index (χ1) is 9.65. The summed E-state index contributed by atoms with van der Waals surface area (Å²) in [5.41, 5.74) is 0. The van der Waals surface area contributed by atoms with Crippen LogP contribution in [-0.2, 0) is 14.3 Å². The first-order valence-corrected chi connectivity index (χ1v) is 8.97. The number of rotatable bonds is 9. The van der Waals surface area contributed by atoms with Crippen molar-refractivity contribution in [1.82, 2.24) is 0 Å². The van der Waals surface area contributed by atoms with Crippen molar-refractivity contribution in [1.29, 1.82) is 0 Å². The highest BCUT2D eigenvalue weighted by Crippen LogP contribution is 2.24. The van der Waals surface area contributed by atoms with Gasteiger partial charge >= 0.3 is 0 Å². The zero-order chi connectivity index (χ0) is 14.8. The van der Waals surface area contributed by atoms with Gasteiger partial charge in [0, 0.05) is 19.3 Å². The van der Waals surface area contributed by atoms with Crippen LogP contribution in [0.1, 0.15) is 71.6 Å². The minimum atomic E-state index is -0.177. The van der Waals surface area contributed by atoms with Crippen LogP contribution in [0.4, 0.5) is 0 Å². The lowest BCUT2D eigenvalue weighted by molar-refractivity contribution is -0.137. The van der Waals surface area contributed by atoms with Crippen molar-refractivity contribution in [2.75, 3.05) is 5.75 Å². The summed E-state index contributed by atoms with van der Waals surface area (Å²) in [5.74, 6) is 1.05. The lowest BCUT2D eigenvalue weighted by Gasteiger charge is -2.29. The van der Waals surface area contributed by atoms with Crippen molar-refractivity contribution >= 4 is 22.7 Å². The molecule has 3 nitrogen and oxygen atoms in total. The molecule has 0 unspecified atom stereocenters. The van der Waals surface area contributed by atoms with E-state index in [2.05, 4.69) is 6.92 Å². The standard InChI is InChI=1S/C16H28O3S/c1-3-5-6-7-8-9-14-10-13(17)11-15(19-14)12-16(18)20-4-2/h14-15H,3-12H2,1-2H3/t14-,15+/m0/s1. The summed E-state index contributed by atoms with van der Waals surface area (Å²) in [6.45, 7) is 4.17. The quantitative estimate of drug-likeness (QED) is 0.600. The average Bonchev–Trinajstić information content (AvgIpc) is 2.38. The molecule has 1 aliphatic heterocycles. The molecule has 0 aromatic rings. The number of unbranched alkanes of at least 4 members (excludes halogenated alkanes) is 4. The van der Waals surface area contributed by atoms with Crippen LogP contribution in [0, 0.1) is 0 Å². The number of hydrogen-bond donors (Lipinski definition) is 0. The molecule has 20 heavy (non-hydrogen) atoms. The van der Waals surface area contributed by atoms with Gasteiger partial charge in [-0.3, -0.25) is 9.59 Å². The Hall–Kier alpha value is -0.350. The predicted octanol–water partition coefficient (Wildman–Crippen LogP) is 4.13. The second kappa shape index (κ2) is 10.4. The number of carbonyl (C=O) groups is 2. The molecule has 2 atom stereocenters. The normalized spacial score (nSPS) is 23.0. The summed E-state index contributed by atoms with van der Waals surface area (Å²) in [5, 5.41) is 0.147. The molecule has 0 saturated carbocycles. The molecule has 4 heteroatoms. The maximum absolute atomic E-state index is 11.8. The molecule has 0 aromatic carbocycles. The second-order valence-electron chi connectivity index (χ2n) is 5.54. The van der Waals surface area contributed by atoms with E-state index in [9.17, 15) is 9.59 Å². The smallest absolute Gasteiger partial charge is 0.191 e. The van der Waals surface area contributed by atoms with Gasteiger partial charge < -0.3 is 4.74 Å². The van der Waals surface area contributed by atoms with Gasteiger partial charge in [0.05, 0.1) is 12.2 Å². The van der Waals surface area contributed by atoms with E-state index in [0.29, 0.717) is 19.3 Å². The van der Waals surface area contributed by atoms with Gasteiger partial charge in [-0.15, -0.1) is 0 Å². The highest BCUT2D eigenvalue weighted by molar-refractivity contribution is 8.13. The predicted molar refractivity (Wildman–Crippen MR) is 84.0 cm³/mol. The minimum Gasteiger partial charge on any atom is -0.374 e. The van der Waals surface area contributed by atoms with Crippen molar-refractivity contribution in [3.05, 3.63) is 0 Å². The number of ketones is 1. The van der Waals surface area contributed by atoms with E-state index in [0.717, 1.165) is 18.6 Å². The monoisotopic (exact) mass is 300 g/mol. The largest absolute Gasteiger partial charge is 0.374 e. The number of hydrogen-bond acceptors (Lipinski definition) is 4. The maximum Gasteiger partial charge on any atom is 0.191 e. The molecule has 0 aliphatic carbocycles. The maximum atomic E-state index is 11.8. The number of carbonyl (C=O) groups excluding carboxylic acids is 2. The Labute approximate surface area is 127 Å². The van der Waals surface area contributed by atoms with E-state index in [-0.39, 0.29) is 23.1 Å². The third-order valence-corrected chi connectivity index (χ3v) is 4.40. The lowest BCUT2D eigenvalue weighted by Crippen LogP contribution is -2.34. The van der Waals surface area contributed by atoms with Crippen molar-refractivity contribution in [3.63, 3.8) is 0 Å². The molecule has 0 amide bonds. The fraction of sp³-hybridized carbons (Fsp3) is 0.875. The van der Waals surface area contributed by atoms with Crippen LogP contribution in [0.25, 0.3) is 0 Å². The molecule has 0 aromatic heterocycles. The van der Waals surface area contributed by atoms with E-state index < -0.39 is 0 Å². The molecule has 1 heterocycles. The van der Waals surface area contributed by atoms with Crippen LogP contribution in [0.2, 0.25) is 0 Å². The van der Waals surface area contributed by atoms with Gasteiger partial charge in [-0.2, -0.15) is 0 Å². The van der Waals surface area contributed by atoms with Crippen molar-refractivity contribution in [2.24, 2.45) is 0 Å². The topological polar surface area (TPSA) is 43.4 Å². The highest BCUT2D eigenvalue weighted by Gasteiger charge is 2.28. The van der Waals surface area contributed by atoms with Crippen molar-refractivity contribution in [3.8, 4) is 0 Å². The molecular weight excluding hydrogens is 272 g/mol. The van der Waals surface area contributed by atoms with Crippen LogP contribution in [-0.4, -0.2) is 28.9 Å². The molecule has 0 radical (unpaired) electrons. The van der Waals surface area contributed by atoms with Gasteiger partial charge in [-0.25, -0.2) is 0 Å².